The molecular formula is C20H14F6N4O3. The summed E-state index contributed by atoms with van der Waals surface area (Å²) in [7, 11) is 1.20. The second-order valence-corrected chi connectivity index (χ2v) is 7.09. The molecule has 0 bridgehead atoms. The monoisotopic (exact) mass is 472 g/mol. The van der Waals surface area contributed by atoms with E-state index in [1.54, 1.807) is 10.8 Å². The van der Waals surface area contributed by atoms with Crippen molar-refractivity contribution in [2.75, 3.05) is 12.1 Å². The second kappa shape index (κ2) is 7.60. The zero-order valence-electron chi connectivity index (χ0n) is 16.6. The largest absolute Gasteiger partial charge is 0.506 e. The maximum absolute atomic E-state index is 13.3. The van der Waals surface area contributed by atoms with Crippen molar-refractivity contribution in [3.63, 3.8) is 0 Å². The molecule has 13 heteroatoms. The summed E-state index contributed by atoms with van der Waals surface area (Å²) in [5, 5.41) is 12.2. The van der Waals surface area contributed by atoms with E-state index in [4.69, 9.17) is 4.74 Å². The number of alkyl halides is 6. The third-order valence-electron chi connectivity index (χ3n) is 4.93. The summed E-state index contributed by atoms with van der Waals surface area (Å²) < 4.78 is 86.6. The van der Waals surface area contributed by atoms with Gasteiger partial charge < -0.3 is 14.4 Å². The van der Waals surface area contributed by atoms with Gasteiger partial charge in [-0.05, 0) is 36.4 Å². The quantitative estimate of drug-likeness (QED) is 0.536. The summed E-state index contributed by atoms with van der Waals surface area (Å²) in [6, 6.07) is 5.05. The Kier molecular flexibility index (Phi) is 5.14. The fourth-order valence-corrected chi connectivity index (χ4v) is 3.35. The molecule has 2 heterocycles. The lowest BCUT2D eigenvalue weighted by atomic mass is 10.0. The maximum atomic E-state index is 13.3. The number of imidazole rings is 1. The van der Waals surface area contributed by atoms with Crippen LogP contribution in [-0.2, 0) is 17.1 Å². The number of cyclic esters (lactones) is 1. The number of halogens is 6. The molecule has 1 unspecified atom stereocenters. The number of aromatic hydroxyl groups is 1. The molecule has 1 saturated heterocycles. The number of phenolic OH excluding ortho intramolecular Hbond substituents is 1. The van der Waals surface area contributed by atoms with Gasteiger partial charge in [-0.2, -0.15) is 26.3 Å². The molecule has 0 radical (unpaired) electrons. The van der Waals surface area contributed by atoms with E-state index in [1.807, 2.05) is 0 Å². The Morgan fingerprint density at radius 2 is 1.64 bits per heavy atom. The minimum absolute atomic E-state index is 0.0224. The third-order valence-corrected chi connectivity index (χ3v) is 4.93. The number of hydrazine groups is 1. The molecule has 1 aliphatic rings. The van der Waals surface area contributed by atoms with Crippen molar-refractivity contribution < 1.29 is 41.0 Å². The summed E-state index contributed by atoms with van der Waals surface area (Å²) in [6.45, 7) is 0. The molecule has 1 atom stereocenters. The van der Waals surface area contributed by atoms with Crippen LogP contribution in [0.5, 0.6) is 5.75 Å². The van der Waals surface area contributed by atoms with E-state index in [-0.39, 0.29) is 11.8 Å². The predicted molar refractivity (Wildman–Crippen MR) is 101 cm³/mol. The van der Waals surface area contributed by atoms with Gasteiger partial charge in [0.1, 0.15) is 11.4 Å². The van der Waals surface area contributed by atoms with Gasteiger partial charge in [-0.25, -0.2) is 19.8 Å². The molecule has 0 spiro atoms. The number of carbonyl (C=O) groups excluding carboxylic acids is 1. The lowest BCUT2D eigenvalue weighted by molar-refractivity contribution is -0.143. The standard InChI is InChI=1S/C20H14F6N4O3/c1-28-18(32)33-17(11-6-12(19(21,22)23)8-13(7-11)20(24,25)26)30(28)15-9-14(2-3-16(15)31)29-5-4-27-10-29/h2-10,17,31H,1H3. The number of carbonyl (C=O) groups is 1. The summed E-state index contributed by atoms with van der Waals surface area (Å²) >= 11 is 0. The molecular weight excluding hydrogens is 458 g/mol. The van der Waals surface area contributed by atoms with Crippen LogP contribution in [0.4, 0.5) is 36.8 Å². The first-order chi connectivity index (χ1) is 15.4. The zero-order chi connectivity index (χ0) is 24.1. The van der Waals surface area contributed by atoms with Crippen LogP contribution in [0.25, 0.3) is 5.69 Å². The van der Waals surface area contributed by atoms with E-state index in [2.05, 4.69) is 4.98 Å². The first-order valence-corrected chi connectivity index (χ1v) is 9.20. The highest BCUT2D eigenvalue weighted by atomic mass is 19.4. The Balaban J connectivity index is 1.87. The highest BCUT2D eigenvalue weighted by molar-refractivity contribution is 5.76. The molecule has 2 aromatic carbocycles. The molecule has 0 aliphatic carbocycles. The Hall–Kier alpha value is -3.90. The van der Waals surface area contributed by atoms with Gasteiger partial charge in [-0.3, -0.25) is 0 Å². The van der Waals surface area contributed by atoms with E-state index in [0.29, 0.717) is 17.8 Å². The second-order valence-electron chi connectivity index (χ2n) is 7.09. The van der Waals surface area contributed by atoms with Crippen molar-refractivity contribution in [1.82, 2.24) is 14.6 Å². The van der Waals surface area contributed by atoms with Gasteiger partial charge >= 0.3 is 18.4 Å². The Labute approximate surface area is 182 Å². The van der Waals surface area contributed by atoms with Crippen molar-refractivity contribution in [3.8, 4) is 11.4 Å². The van der Waals surface area contributed by atoms with Gasteiger partial charge in [0.15, 0.2) is 0 Å². The van der Waals surface area contributed by atoms with E-state index >= 15 is 0 Å². The fraction of sp³-hybridized carbons (Fsp3) is 0.200. The Morgan fingerprint density at radius 1 is 1.00 bits per heavy atom. The Morgan fingerprint density at radius 3 is 2.18 bits per heavy atom. The van der Waals surface area contributed by atoms with Crippen LogP contribution in [0, 0.1) is 0 Å². The lowest BCUT2D eigenvalue weighted by Gasteiger charge is -2.29. The number of rotatable bonds is 3. The van der Waals surface area contributed by atoms with Gasteiger partial charge in [0.25, 0.3) is 0 Å². The van der Waals surface area contributed by atoms with Gasteiger partial charge in [-0.1, -0.05) is 0 Å². The molecule has 1 aliphatic heterocycles. The van der Waals surface area contributed by atoms with E-state index < -0.39 is 47.1 Å². The van der Waals surface area contributed by atoms with Crippen LogP contribution in [0.3, 0.4) is 0 Å². The summed E-state index contributed by atoms with van der Waals surface area (Å²) in [5.74, 6) is -0.392. The van der Waals surface area contributed by atoms with Crippen LogP contribution >= 0.6 is 0 Å². The number of amides is 1. The molecule has 4 rings (SSSR count). The molecule has 33 heavy (non-hydrogen) atoms. The normalized spacial score (nSPS) is 16.9. The van der Waals surface area contributed by atoms with E-state index in [0.717, 1.165) is 10.0 Å². The molecule has 1 fully saturated rings. The van der Waals surface area contributed by atoms with Crippen LogP contribution in [0.2, 0.25) is 0 Å². The number of ether oxygens (including phenoxy) is 1. The van der Waals surface area contributed by atoms with Crippen LogP contribution in [-0.4, -0.2) is 32.8 Å². The molecule has 0 saturated carbocycles. The van der Waals surface area contributed by atoms with Gasteiger partial charge in [0, 0.05) is 30.7 Å². The number of aromatic nitrogens is 2. The number of phenols is 1. The molecule has 1 N–H and O–H groups in total. The molecule has 3 aromatic rings. The highest BCUT2D eigenvalue weighted by Gasteiger charge is 2.43. The van der Waals surface area contributed by atoms with E-state index in [9.17, 15) is 36.2 Å². The highest BCUT2D eigenvalue weighted by Crippen LogP contribution is 2.43. The number of nitrogens with zero attached hydrogens (tertiary/aromatic N) is 4. The average Bonchev–Trinajstić information content (AvgIpc) is 3.36. The summed E-state index contributed by atoms with van der Waals surface area (Å²) in [5.41, 5.74) is -3.34. The van der Waals surface area contributed by atoms with Crippen LogP contribution < -0.4 is 5.01 Å². The smallest absolute Gasteiger partial charge is 0.430 e. The minimum atomic E-state index is -5.08. The number of benzene rings is 2. The molecule has 174 valence electrons. The van der Waals surface area contributed by atoms with Crippen molar-refractivity contribution in [3.05, 3.63) is 71.8 Å². The first kappa shape index (κ1) is 22.3. The minimum Gasteiger partial charge on any atom is -0.506 e. The van der Waals surface area contributed by atoms with Gasteiger partial charge in [0.05, 0.1) is 17.5 Å². The Bertz CT molecular complexity index is 1160. The SMILES string of the molecule is CN1C(=O)OC(c2cc(C(F)(F)F)cc(C(F)(F)F)c2)N1c1cc(-n2ccnc2)ccc1O. The molecule has 1 amide bonds. The average molecular weight is 472 g/mol. The van der Waals surface area contributed by atoms with Crippen LogP contribution in [0.15, 0.2) is 55.1 Å². The topological polar surface area (TPSA) is 70.8 Å². The van der Waals surface area contributed by atoms with Gasteiger partial charge in [0.2, 0.25) is 6.23 Å². The first-order valence-electron chi connectivity index (χ1n) is 9.20. The number of anilines is 1. The summed E-state index contributed by atoms with van der Waals surface area (Å²) in [6.07, 6.45) is -8.44. The number of hydrogen-bond acceptors (Lipinski definition) is 5. The molecule has 1 aromatic heterocycles. The summed E-state index contributed by atoms with van der Waals surface area (Å²) in [4.78, 5) is 16.1. The predicted octanol–water partition coefficient (Wildman–Crippen LogP) is 5.12. The van der Waals surface area contributed by atoms with Crippen molar-refractivity contribution >= 4 is 11.8 Å². The van der Waals surface area contributed by atoms with Gasteiger partial charge in [-0.15, -0.1) is 0 Å². The van der Waals surface area contributed by atoms with Crippen LogP contribution in [0.1, 0.15) is 22.9 Å². The fourth-order valence-electron chi connectivity index (χ4n) is 3.35. The zero-order valence-corrected chi connectivity index (χ0v) is 16.6. The van der Waals surface area contributed by atoms with Crippen molar-refractivity contribution in [2.24, 2.45) is 0 Å². The lowest BCUT2D eigenvalue weighted by Crippen LogP contribution is -2.36. The van der Waals surface area contributed by atoms with Crippen molar-refractivity contribution in [2.45, 2.75) is 18.6 Å². The number of hydrogen-bond donors (Lipinski definition) is 1. The van der Waals surface area contributed by atoms with E-state index in [1.165, 1.54) is 37.8 Å². The molecule has 7 nitrogen and oxygen atoms in total. The third kappa shape index (κ3) is 4.13. The maximum Gasteiger partial charge on any atom is 0.430 e. The van der Waals surface area contributed by atoms with Crippen molar-refractivity contribution in [1.29, 1.82) is 0 Å².